The number of ether oxygens (including phenoxy) is 3. The van der Waals surface area contributed by atoms with E-state index >= 15 is 0 Å². The molecular weight excluding hydrogens is 394 g/mol. The van der Waals surface area contributed by atoms with Crippen molar-refractivity contribution in [3.05, 3.63) is 89.0 Å². The maximum Gasteiger partial charge on any atom is 0.337 e. The third-order valence-electron chi connectivity index (χ3n) is 4.82. The fraction of sp³-hybridized carbons (Fsp3) is 0.200. The van der Waals surface area contributed by atoms with Crippen LogP contribution in [-0.2, 0) is 9.53 Å². The highest BCUT2D eigenvalue weighted by Gasteiger charge is 2.25. The molecule has 0 aliphatic carbocycles. The van der Waals surface area contributed by atoms with Crippen molar-refractivity contribution in [2.75, 3.05) is 19.5 Å². The van der Waals surface area contributed by atoms with Gasteiger partial charge < -0.3 is 19.5 Å². The molecule has 0 unspecified atom stereocenters. The summed E-state index contributed by atoms with van der Waals surface area (Å²) in [6.07, 6.45) is -0.931. The van der Waals surface area contributed by atoms with Gasteiger partial charge in [0.05, 0.1) is 19.8 Å². The SMILES string of the molecule is COC(=O)c1ccc(O[C@H](C(=O)Nc2cc(C)ccc2C)c2ccccc2)c(OC)c1. The monoisotopic (exact) mass is 419 g/mol. The Labute approximate surface area is 181 Å². The molecule has 1 amide bonds. The van der Waals surface area contributed by atoms with Gasteiger partial charge in [0.15, 0.2) is 11.5 Å². The molecule has 0 bridgehead atoms. The maximum absolute atomic E-state index is 13.3. The van der Waals surface area contributed by atoms with Gasteiger partial charge in [-0.1, -0.05) is 42.5 Å². The van der Waals surface area contributed by atoms with Crippen molar-refractivity contribution in [1.82, 2.24) is 0 Å². The lowest BCUT2D eigenvalue weighted by atomic mass is 10.1. The number of nitrogens with one attached hydrogen (secondary N) is 1. The lowest BCUT2D eigenvalue weighted by molar-refractivity contribution is -0.123. The number of carbonyl (C=O) groups is 2. The van der Waals surface area contributed by atoms with E-state index in [1.165, 1.54) is 20.3 Å². The predicted octanol–water partition coefficient (Wildman–Crippen LogP) is 4.86. The Balaban J connectivity index is 1.94. The van der Waals surface area contributed by atoms with Crippen molar-refractivity contribution in [2.24, 2.45) is 0 Å². The van der Waals surface area contributed by atoms with Crippen LogP contribution in [0.2, 0.25) is 0 Å². The van der Waals surface area contributed by atoms with Crippen molar-refractivity contribution >= 4 is 17.6 Å². The summed E-state index contributed by atoms with van der Waals surface area (Å²) in [5, 5.41) is 2.97. The number of hydrogen-bond acceptors (Lipinski definition) is 5. The molecule has 0 spiro atoms. The van der Waals surface area contributed by atoms with Gasteiger partial charge in [-0.15, -0.1) is 0 Å². The second-order valence-corrected chi connectivity index (χ2v) is 7.07. The number of methoxy groups -OCH3 is 2. The largest absolute Gasteiger partial charge is 0.493 e. The molecular formula is C25H25NO5. The Morgan fingerprint density at radius 1 is 0.871 bits per heavy atom. The van der Waals surface area contributed by atoms with E-state index in [4.69, 9.17) is 14.2 Å². The molecule has 0 fully saturated rings. The van der Waals surface area contributed by atoms with E-state index in [9.17, 15) is 9.59 Å². The minimum Gasteiger partial charge on any atom is -0.493 e. The van der Waals surface area contributed by atoms with Crippen molar-refractivity contribution in [3.63, 3.8) is 0 Å². The van der Waals surface area contributed by atoms with Gasteiger partial charge in [0.1, 0.15) is 0 Å². The van der Waals surface area contributed by atoms with E-state index in [0.29, 0.717) is 22.6 Å². The zero-order chi connectivity index (χ0) is 22.4. The molecule has 3 rings (SSSR count). The number of anilines is 1. The number of amides is 1. The van der Waals surface area contributed by atoms with Gasteiger partial charge in [0.25, 0.3) is 5.91 Å². The van der Waals surface area contributed by atoms with Gasteiger partial charge in [-0.05, 0) is 49.2 Å². The second kappa shape index (κ2) is 9.80. The molecule has 0 aromatic heterocycles. The molecule has 1 atom stereocenters. The van der Waals surface area contributed by atoms with Crippen LogP contribution in [0.4, 0.5) is 5.69 Å². The highest BCUT2D eigenvalue weighted by molar-refractivity contribution is 5.96. The molecule has 0 aliphatic heterocycles. The molecule has 3 aromatic carbocycles. The van der Waals surface area contributed by atoms with Gasteiger partial charge in [0.2, 0.25) is 6.10 Å². The Morgan fingerprint density at radius 2 is 1.61 bits per heavy atom. The summed E-state index contributed by atoms with van der Waals surface area (Å²) in [6.45, 7) is 3.90. The Hall–Kier alpha value is -3.80. The van der Waals surface area contributed by atoms with E-state index in [0.717, 1.165) is 16.8 Å². The van der Waals surface area contributed by atoms with Crippen LogP contribution >= 0.6 is 0 Å². The number of esters is 1. The first-order chi connectivity index (χ1) is 14.9. The third-order valence-corrected chi connectivity index (χ3v) is 4.82. The molecule has 0 saturated carbocycles. The number of aryl methyl sites for hydroxylation is 2. The molecule has 6 nitrogen and oxygen atoms in total. The third kappa shape index (κ3) is 5.22. The minimum atomic E-state index is -0.931. The van der Waals surface area contributed by atoms with Crippen LogP contribution in [0.1, 0.15) is 33.2 Å². The molecule has 160 valence electrons. The van der Waals surface area contributed by atoms with Gasteiger partial charge >= 0.3 is 5.97 Å². The number of carbonyl (C=O) groups excluding carboxylic acids is 2. The Bertz CT molecular complexity index is 1080. The highest BCUT2D eigenvalue weighted by Crippen LogP contribution is 2.33. The Morgan fingerprint density at radius 3 is 2.29 bits per heavy atom. The average Bonchev–Trinajstić information content (AvgIpc) is 2.79. The maximum atomic E-state index is 13.3. The fourth-order valence-electron chi connectivity index (χ4n) is 3.11. The smallest absolute Gasteiger partial charge is 0.337 e. The van der Waals surface area contributed by atoms with Crippen LogP contribution in [0, 0.1) is 13.8 Å². The summed E-state index contributed by atoms with van der Waals surface area (Å²) in [7, 11) is 2.78. The number of benzene rings is 3. The van der Waals surface area contributed by atoms with Gasteiger partial charge in [-0.25, -0.2) is 4.79 Å². The van der Waals surface area contributed by atoms with Crippen molar-refractivity contribution in [2.45, 2.75) is 20.0 Å². The normalized spacial score (nSPS) is 11.4. The minimum absolute atomic E-state index is 0.320. The first-order valence-corrected chi connectivity index (χ1v) is 9.79. The van der Waals surface area contributed by atoms with E-state index in [1.54, 1.807) is 12.1 Å². The van der Waals surface area contributed by atoms with Gasteiger partial charge in [-0.3, -0.25) is 4.79 Å². The highest BCUT2D eigenvalue weighted by atomic mass is 16.5. The van der Waals surface area contributed by atoms with Crippen LogP contribution in [0.3, 0.4) is 0 Å². The van der Waals surface area contributed by atoms with Crippen LogP contribution in [0.25, 0.3) is 0 Å². The molecule has 0 aliphatic rings. The molecule has 1 N–H and O–H groups in total. The van der Waals surface area contributed by atoms with Gasteiger partial charge in [0, 0.05) is 11.3 Å². The summed E-state index contributed by atoms with van der Waals surface area (Å²) in [4.78, 5) is 25.1. The van der Waals surface area contributed by atoms with E-state index < -0.39 is 12.1 Å². The first-order valence-electron chi connectivity index (χ1n) is 9.79. The van der Waals surface area contributed by atoms with Crippen molar-refractivity contribution in [1.29, 1.82) is 0 Å². The van der Waals surface area contributed by atoms with Crippen LogP contribution in [0.5, 0.6) is 11.5 Å². The fourth-order valence-corrected chi connectivity index (χ4v) is 3.11. The lowest BCUT2D eigenvalue weighted by Gasteiger charge is -2.21. The molecule has 0 radical (unpaired) electrons. The first kappa shape index (κ1) is 21.9. The van der Waals surface area contributed by atoms with Gasteiger partial charge in [-0.2, -0.15) is 0 Å². The standard InChI is InChI=1S/C25H25NO5/c1-16-10-11-17(2)20(14-16)26-24(27)23(18-8-6-5-7-9-18)31-21-13-12-19(25(28)30-4)15-22(21)29-3/h5-15,23H,1-4H3,(H,26,27)/t23-/m0/s1. The summed E-state index contributed by atoms with van der Waals surface area (Å²) >= 11 is 0. The molecule has 31 heavy (non-hydrogen) atoms. The van der Waals surface area contributed by atoms with Crippen LogP contribution in [0.15, 0.2) is 66.7 Å². The van der Waals surface area contributed by atoms with E-state index in [2.05, 4.69) is 5.32 Å². The summed E-state index contributed by atoms with van der Waals surface area (Å²) in [5.41, 5.74) is 3.72. The molecule has 3 aromatic rings. The van der Waals surface area contributed by atoms with Crippen molar-refractivity contribution < 1.29 is 23.8 Å². The summed E-state index contributed by atoms with van der Waals surface area (Å²) in [6, 6.07) is 19.7. The average molecular weight is 419 g/mol. The Kier molecular flexibility index (Phi) is 6.92. The lowest BCUT2D eigenvalue weighted by Crippen LogP contribution is -2.26. The predicted molar refractivity (Wildman–Crippen MR) is 119 cm³/mol. The van der Waals surface area contributed by atoms with Crippen molar-refractivity contribution in [3.8, 4) is 11.5 Å². The zero-order valence-corrected chi connectivity index (χ0v) is 18.0. The number of rotatable bonds is 7. The molecule has 6 heteroatoms. The zero-order valence-electron chi connectivity index (χ0n) is 18.0. The van der Waals surface area contributed by atoms with Crippen LogP contribution in [-0.4, -0.2) is 26.1 Å². The molecule has 0 saturated heterocycles. The van der Waals surface area contributed by atoms with Crippen LogP contribution < -0.4 is 14.8 Å². The summed E-state index contributed by atoms with van der Waals surface area (Å²) < 4.78 is 16.2. The van der Waals surface area contributed by atoms with E-state index in [1.807, 2.05) is 62.4 Å². The summed E-state index contributed by atoms with van der Waals surface area (Å²) in [5.74, 6) is -0.153. The second-order valence-electron chi connectivity index (χ2n) is 7.07. The topological polar surface area (TPSA) is 73.9 Å². The van der Waals surface area contributed by atoms with E-state index in [-0.39, 0.29) is 5.91 Å². The molecule has 0 heterocycles. The number of hydrogen-bond donors (Lipinski definition) is 1. The quantitative estimate of drug-likeness (QED) is 0.554.